The molecule has 1 unspecified atom stereocenters. The third kappa shape index (κ3) is 5.17. The molecule has 0 amide bonds. The van der Waals surface area contributed by atoms with Crippen LogP contribution >= 0.6 is 0 Å². The van der Waals surface area contributed by atoms with Crippen molar-refractivity contribution in [3.05, 3.63) is 66.1 Å². The molecule has 5 heteroatoms. The van der Waals surface area contributed by atoms with Crippen molar-refractivity contribution in [1.82, 2.24) is 15.5 Å². The average Bonchev–Trinajstić information content (AvgIpc) is 3.13. The molecule has 5 nitrogen and oxygen atoms in total. The third-order valence-corrected chi connectivity index (χ3v) is 4.23. The van der Waals surface area contributed by atoms with E-state index in [4.69, 9.17) is 9.26 Å². The minimum Gasteiger partial charge on any atom is -0.491 e. The number of ether oxygens (including phenoxy) is 1. The van der Waals surface area contributed by atoms with Crippen molar-refractivity contribution in [2.24, 2.45) is 5.92 Å². The Hall–Kier alpha value is -2.66. The van der Waals surface area contributed by atoms with E-state index < -0.39 is 0 Å². The molecule has 0 bridgehead atoms. The minimum atomic E-state index is -0.0125. The van der Waals surface area contributed by atoms with Crippen LogP contribution in [-0.4, -0.2) is 16.2 Å². The number of benzene rings is 2. The zero-order valence-corrected chi connectivity index (χ0v) is 16.3. The molecule has 3 aromatic rings. The van der Waals surface area contributed by atoms with Gasteiger partial charge in [0.25, 0.3) is 0 Å². The largest absolute Gasteiger partial charge is 0.491 e. The zero-order chi connectivity index (χ0) is 19.2. The van der Waals surface area contributed by atoms with Gasteiger partial charge < -0.3 is 14.6 Å². The highest BCUT2D eigenvalue weighted by molar-refractivity contribution is 5.53. The first-order valence-electron chi connectivity index (χ1n) is 9.41. The van der Waals surface area contributed by atoms with Crippen LogP contribution in [-0.2, 0) is 6.54 Å². The smallest absolute Gasteiger partial charge is 0.244 e. The molecule has 0 radical (unpaired) electrons. The lowest BCUT2D eigenvalue weighted by molar-refractivity contribution is 0.242. The Balaban J connectivity index is 1.67. The normalized spacial score (nSPS) is 12.5. The highest BCUT2D eigenvalue weighted by atomic mass is 16.5. The fraction of sp³-hybridized carbons (Fsp3) is 0.364. The van der Waals surface area contributed by atoms with E-state index in [-0.39, 0.29) is 12.1 Å². The first-order valence-corrected chi connectivity index (χ1v) is 9.41. The summed E-state index contributed by atoms with van der Waals surface area (Å²) in [6, 6.07) is 18.0. The van der Waals surface area contributed by atoms with E-state index in [0.717, 1.165) is 11.3 Å². The van der Waals surface area contributed by atoms with Crippen molar-refractivity contribution in [2.45, 2.75) is 46.4 Å². The predicted molar refractivity (Wildman–Crippen MR) is 106 cm³/mol. The summed E-state index contributed by atoms with van der Waals surface area (Å²) < 4.78 is 11.2. The van der Waals surface area contributed by atoms with E-state index in [1.165, 1.54) is 5.56 Å². The standard InChI is InChI=1S/C22H27N3O2/c1-15(2)20(22-24-21(25-27-22)18-8-6-5-7-9-18)23-14-17-10-12-19(13-11-17)26-16(3)4/h5-13,15-16,20,23H,14H2,1-4H3. The Labute approximate surface area is 160 Å². The average molecular weight is 365 g/mol. The second-order valence-corrected chi connectivity index (χ2v) is 7.24. The summed E-state index contributed by atoms with van der Waals surface area (Å²) in [5, 5.41) is 7.68. The predicted octanol–water partition coefficient (Wildman–Crippen LogP) is 5.01. The fourth-order valence-corrected chi connectivity index (χ4v) is 2.86. The molecule has 3 rings (SSSR count). The van der Waals surface area contributed by atoms with Gasteiger partial charge in [-0.1, -0.05) is 61.5 Å². The summed E-state index contributed by atoms with van der Waals surface area (Å²) in [7, 11) is 0. The fourth-order valence-electron chi connectivity index (χ4n) is 2.86. The maximum absolute atomic E-state index is 5.69. The van der Waals surface area contributed by atoms with Crippen molar-refractivity contribution < 1.29 is 9.26 Å². The molecule has 0 aliphatic heterocycles. The lowest BCUT2D eigenvalue weighted by Crippen LogP contribution is -2.25. The zero-order valence-electron chi connectivity index (χ0n) is 16.3. The van der Waals surface area contributed by atoms with Crippen LogP contribution < -0.4 is 10.1 Å². The number of nitrogens with one attached hydrogen (secondary N) is 1. The Bertz CT molecular complexity index is 826. The first kappa shape index (κ1) is 19.1. The topological polar surface area (TPSA) is 60.2 Å². The van der Waals surface area contributed by atoms with Gasteiger partial charge in [-0.2, -0.15) is 4.98 Å². The summed E-state index contributed by atoms with van der Waals surface area (Å²) in [4.78, 5) is 4.60. The van der Waals surface area contributed by atoms with Crippen LogP contribution in [0, 0.1) is 5.92 Å². The molecule has 27 heavy (non-hydrogen) atoms. The quantitative estimate of drug-likeness (QED) is 0.608. The van der Waals surface area contributed by atoms with Gasteiger partial charge in [-0.05, 0) is 37.5 Å². The van der Waals surface area contributed by atoms with Crippen molar-refractivity contribution in [3.63, 3.8) is 0 Å². The van der Waals surface area contributed by atoms with Crippen LogP contribution in [0.25, 0.3) is 11.4 Å². The molecule has 142 valence electrons. The van der Waals surface area contributed by atoms with Crippen molar-refractivity contribution in [3.8, 4) is 17.1 Å². The molecule has 1 aromatic heterocycles. The van der Waals surface area contributed by atoms with Crippen LogP contribution in [0.4, 0.5) is 0 Å². The van der Waals surface area contributed by atoms with Crippen LogP contribution in [0.15, 0.2) is 59.1 Å². The Morgan fingerprint density at radius 3 is 2.30 bits per heavy atom. The van der Waals surface area contributed by atoms with Gasteiger partial charge in [-0.15, -0.1) is 0 Å². The van der Waals surface area contributed by atoms with Gasteiger partial charge in [0.05, 0.1) is 12.1 Å². The van der Waals surface area contributed by atoms with Gasteiger partial charge in [-0.25, -0.2) is 0 Å². The summed E-state index contributed by atoms with van der Waals surface area (Å²) in [6.45, 7) is 9.05. The Kier molecular flexibility index (Phi) is 6.24. The highest BCUT2D eigenvalue weighted by Gasteiger charge is 2.22. The van der Waals surface area contributed by atoms with E-state index >= 15 is 0 Å². The molecule has 0 saturated carbocycles. The number of rotatable bonds is 8. The molecule has 0 fully saturated rings. The lowest BCUT2D eigenvalue weighted by atomic mass is 10.0. The number of nitrogens with zero attached hydrogens (tertiary/aromatic N) is 2. The number of hydrogen-bond donors (Lipinski definition) is 1. The van der Waals surface area contributed by atoms with Gasteiger partial charge in [0.1, 0.15) is 5.75 Å². The minimum absolute atomic E-state index is 0.0125. The molecule has 1 N–H and O–H groups in total. The van der Waals surface area contributed by atoms with Crippen LogP contribution in [0.2, 0.25) is 0 Å². The summed E-state index contributed by atoms with van der Waals surface area (Å²) in [6.07, 6.45) is 0.177. The van der Waals surface area contributed by atoms with Crippen molar-refractivity contribution >= 4 is 0 Å². The SMILES string of the molecule is CC(C)Oc1ccc(CNC(c2nc(-c3ccccc3)no2)C(C)C)cc1. The highest BCUT2D eigenvalue weighted by Crippen LogP contribution is 2.24. The number of aromatic nitrogens is 2. The lowest BCUT2D eigenvalue weighted by Gasteiger charge is -2.18. The molecule has 0 saturated heterocycles. The summed E-state index contributed by atoms with van der Waals surface area (Å²) >= 11 is 0. The van der Waals surface area contributed by atoms with Crippen molar-refractivity contribution in [1.29, 1.82) is 0 Å². The molecule has 0 spiro atoms. The Morgan fingerprint density at radius 2 is 1.67 bits per heavy atom. The summed E-state index contributed by atoms with van der Waals surface area (Å²) in [5.41, 5.74) is 2.13. The van der Waals surface area contributed by atoms with E-state index in [1.54, 1.807) is 0 Å². The van der Waals surface area contributed by atoms with Crippen LogP contribution in [0.1, 0.15) is 45.2 Å². The number of hydrogen-bond acceptors (Lipinski definition) is 5. The molecule has 1 heterocycles. The second-order valence-electron chi connectivity index (χ2n) is 7.24. The van der Waals surface area contributed by atoms with Gasteiger partial charge in [-0.3, -0.25) is 0 Å². The molecule has 2 aromatic carbocycles. The van der Waals surface area contributed by atoms with Crippen LogP contribution in [0.3, 0.4) is 0 Å². The molecule has 1 atom stereocenters. The summed E-state index contributed by atoms with van der Waals surface area (Å²) in [5.74, 6) is 2.44. The van der Waals surface area contributed by atoms with E-state index in [9.17, 15) is 0 Å². The van der Waals surface area contributed by atoms with Gasteiger partial charge in [0.15, 0.2) is 0 Å². The molecular formula is C22H27N3O2. The van der Waals surface area contributed by atoms with E-state index in [1.807, 2.05) is 56.3 Å². The van der Waals surface area contributed by atoms with E-state index in [0.29, 0.717) is 24.2 Å². The Morgan fingerprint density at radius 1 is 0.963 bits per heavy atom. The van der Waals surface area contributed by atoms with Gasteiger partial charge in [0.2, 0.25) is 11.7 Å². The molecule has 0 aliphatic carbocycles. The molecular weight excluding hydrogens is 338 g/mol. The van der Waals surface area contributed by atoms with Gasteiger partial charge >= 0.3 is 0 Å². The van der Waals surface area contributed by atoms with Crippen molar-refractivity contribution in [2.75, 3.05) is 0 Å². The first-order chi connectivity index (χ1) is 13.0. The maximum Gasteiger partial charge on any atom is 0.244 e. The van der Waals surface area contributed by atoms with E-state index in [2.05, 4.69) is 41.4 Å². The maximum atomic E-state index is 5.69. The van der Waals surface area contributed by atoms with Crippen LogP contribution in [0.5, 0.6) is 5.75 Å². The van der Waals surface area contributed by atoms with Gasteiger partial charge in [0, 0.05) is 12.1 Å². The third-order valence-electron chi connectivity index (χ3n) is 4.23. The second kappa shape index (κ2) is 8.82. The monoisotopic (exact) mass is 365 g/mol. The molecule has 0 aliphatic rings.